The summed E-state index contributed by atoms with van der Waals surface area (Å²) in [6.07, 6.45) is -0.235. The van der Waals surface area contributed by atoms with Crippen LogP contribution in [0.5, 0.6) is 11.5 Å². The molecule has 18 heavy (non-hydrogen) atoms. The Hall–Kier alpha value is -1.52. The van der Waals surface area contributed by atoms with Crippen LogP contribution in [0.3, 0.4) is 0 Å². The third-order valence-electron chi connectivity index (χ3n) is 3.22. The van der Waals surface area contributed by atoms with Gasteiger partial charge in [-0.1, -0.05) is 0 Å². The van der Waals surface area contributed by atoms with Gasteiger partial charge >= 0.3 is 0 Å². The molecule has 2 rings (SSSR count). The molecule has 0 amide bonds. The second-order valence-electron chi connectivity index (χ2n) is 4.38. The summed E-state index contributed by atoms with van der Waals surface area (Å²) in [6.45, 7) is 0.660. The van der Waals surface area contributed by atoms with Gasteiger partial charge in [-0.2, -0.15) is 0 Å². The van der Waals surface area contributed by atoms with Crippen molar-refractivity contribution in [2.24, 2.45) is 0 Å². The number of alkyl halides is 2. The van der Waals surface area contributed by atoms with E-state index in [1.165, 1.54) is 0 Å². The molecule has 0 atom stereocenters. The van der Waals surface area contributed by atoms with Gasteiger partial charge in [-0.15, -0.1) is 0 Å². The third kappa shape index (κ3) is 2.66. The summed E-state index contributed by atoms with van der Waals surface area (Å²) < 4.78 is 36.7. The highest BCUT2D eigenvalue weighted by atomic mass is 19.3. The number of piperidine rings is 1. The molecular formula is C13H17F2NO2. The van der Waals surface area contributed by atoms with Crippen molar-refractivity contribution in [2.75, 3.05) is 32.2 Å². The number of halogens is 2. The predicted octanol–water partition coefficient (Wildman–Crippen LogP) is 2.94. The molecule has 0 aromatic heterocycles. The molecule has 0 aliphatic carbocycles. The second kappa shape index (κ2) is 5.00. The molecule has 0 unspecified atom stereocenters. The Morgan fingerprint density at radius 1 is 1.11 bits per heavy atom. The van der Waals surface area contributed by atoms with Crippen LogP contribution in [-0.2, 0) is 0 Å². The number of nitrogens with zero attached hydrogens (tertiary/aromatic N) is 1. The van der Waals surface area contributed by atoms with Gasteiger partial charge in [-0.05, 0) is 12.1 Å². The molecule has 0 saturated carbocycles. The average Bonchev–Trinajstić information content (AvgIpc) is 2.38. The van der Waals surface area contributed by atoms with Gasteiger partial charge in [-0.3, -0.25) is 0 Å². The Bertz CT molecular complexity index is 413. The molecule has 100 valence electrons. The summed E-state index contributed by atoms with van der Waals surface area (Å²) in [7, 11) is 3.15. The van der Waals surface area contributed by atoms with Crippen LogP contribution < -0.4 is 14.4 Å². The van der Waals surface area contributed by atoms with E-state index in [0.717, 1.165) is 5.69 Å². The van der Waals surface area contributed by atoms with Crippen molar-refractivity contribution in [3.05, 3.63) is 18.2 Å². The standard InChI is InChI=1S/C13H17F2NO2/c1-17-10-3-4-12(18-2)11(9-10)16-7-5-13(14,15)6-8-16/h3-4,9H,5-8H2,1-2H3. The summed E-state index contributed by atoms with van der Waals surface area (Å²) in [6, 6.07) is 5.41. The Morgan fingerprint density at radius 2 is 1.78 bits per heavy atom. The first kappa shape index (κ1) is 12.9. The Kier molecular flexibility index (Phi) is 3.59. The van der Waals surface area contributed by atoms with Crippen LogP contribution in [0.1, 0.15) is 12.8 Å². The van der Waals surface area contributed by atoms with Crippen LogP contribution in [0.15, 0.2) is 18.2 Å². The van der Waals surface area contributed by atoms with E-state index in [1.807, 2.05) is 11.0 Å². The van der Waals surface area contributed by atoms with Gasteiger partial charge < -0.3 is 14.4 Å². The van der Waals surface area contributed by atoms with Crippen LogP contribution in [0.2, 0.25) is 0 Å². The first-order chi connectivity index (χ1) is 8.55. The van der Waals surface area contributed by atoms with Crippen LogP contribution in [0.4, 0.5) is 14.5 Å². The first-order valence-corrected chi connectivity index (χ1v) is 5.90. The predicted molar refractivity (Wildman–Crippen MR) is 65.9 cm³/mol. The van der Waals surface area contributed by atoms with Crippen molar-refractivity contribution >= 4 is 5.69 Å². The van der Waals surface area contributed by atoms with Gasteiger partial charge in [0.1, 0.15) is 11.5 Å². The summed E-state index contributed by atoms with van der Waals surface area (Å²) in [4.78, 5) is 1.92. The molecule has 1 fully saturated rings. The summed E-state index contributed by atoms with van der Waals surface area (Å²) >= 11 is 0. The van der Waals surface area contributed by atoms with Crippen molar-refractivity contribution in [3.8, 4) is 11.5 Å². The number of methoxy groups -OCH3 is 2. The van der Waals surface area contributed by atoms with Gasteiger partial charge in [0.2, 0.25) is 0 Å². The normalized spacial score (nSPS) is 18.6. The van der Waals surface area contributed by atoms with Gasteiger partial charge in [0, 0.05) is 32.0 Å². The maximum atomic E-state index is 13.1. The zero-order valence-electron chi connectivity index (χ0n) is 10.6. The molecule has 5 heteroatoms. The van der Waals surface area contributed by atoms with Gasteiger partial charge in [0.15, 0.2) is 0 Å². The van der Waals surface area contributed by atoms with Crippen molar-refractivity contribution in [2.45, 2.75) is 18.8 Å². The molecule has 1 aliphatic heterocycles. The minimum absolute atomic E-state index is 0.118. The summed E-state index contributed by atoms with van der Waals surface area (Å²) in [5.41, 5.74) is 0.812. The van der Waals surface area contributed by atoms with Crippen LogP contribution in [0.25, 0.3) is 0 Å². The summed E-state index contributed by atoms with van der Waals surface area (Å²) in [5, 5.41) is 0. The summed E-state index contributed by atoms with van der Waals surface area (Å²) in [5.74, 6) is -1.16. The molecule has 0 radical (unpaired) electrons. The minimum atomic E-state index is -2.54. The van der Waals surface area contributed by atoms with Crippen molar-refractivity contribution in [3.63, 3.8) is 0 Å². The molecule has 1 aliphatic rings. The molecule has 1 saturated heterocycles. The number of hydrogen-bond acceptors (Lipinski definition) is 3. The average molecular weight is 257 g/mol. The fourth-order valence-electron chi connectivity index (χ4n) is 2.12. The lowest BCUT2D eigenvalue weighted by atomic mass is 10.1. The lowest BCUT2D eigenvalue weighted by Gasteiger charge is -2.34. The van der Waals surface area contributed by atoms with E-state index in [-0.39, 0.29) is 12.8 Å². The Balaban J connectivity index is 2.21. The lowest BCUT2D eigenvalue weighted by molar-refractivity contribution is -0.0221. The molecule has 0 bridgehead atoms. The van der Waals surface area contributed by atoms with Crippen molar-refractivity contribution in [1.29, 1.82) is 0 Å². The largest absolute Gasteiger partial charge is 0.497 e. The van der Waals surface area contributed by atoms with Gasteiger partial charge in [0.05, 0.1) is 19.9 Å². The first-order valence-electron chi connectivity index (χ1n) is 5.90. The zero-order valence-corrected chi connectivity index (χ0v) is 10.6. The quantitative estimate of drug-likeness (QED) is 0.831. The van der Waals surface area contributed by atoms with Gasteiger partial charge in [0.25, 0.3) is 5.92 Å². The van der Waals surface area contributed by atoms with Crippen LogP contribution >= 0.6 is 0 Å². The van der Waals surface area contributed by atoms with E-state index in [0.29, 0.717) is 24.6 Å². The molecule has 0 spiro atoms. The molecule has 3 nitrogen and oxygen atoms in total. The fourth-order valence-corrected chi connectivity index (χ4v) is 2.12. The molecule has 1 heterocycles. The van der Waals surface area contributed by atoms with E-state index in [9.17, 15) is 8.78 Å². The monoisotopic (exact) mass is 257 g/mol. The smallest absolute Gasteiger partial charge is 0.251 e. The highest BCUT2D eigenvalue weighted by molar-refractivity contribution is 5.62. The maximum absolute atomic E-state index is 13.1. The Morgan fingerprint density at radius 3 is 2.33 bits per heavy atom. The van der Waals surface area contributed by atoms with E-state index in [1.54, 1.807) is 26.4 Å². The van der Waals surface area contributed by atoms with E-state index in [2.05, 4.69) is 0 Å². The number of hydrogen-bond donors (Lipinski definition) is 0. The second-order valence-corrected chi connectivity index (χ2v) is 4.38. The van der Waals surface area contributed by atoms with Gasteiger partial charge in [-0.25, -0.2) is 8.78 Å². The molecule has 1 aromatic carbocycles. The lowest BCUT2D eigenvalue weighted by Crippen LogP contribution is -2.39. The maximum Gasteiger partial charge on any atom is 0.251 e. The van der Waals surface area contributed by atoms with E-state index in [4.69, 9.17) is 9.47 Å². The number of anilines is 1. The topological polar surface area (TPSA) is 21.7 Å². The Labute approximate surface area is 105 Å². The van der Waals surface area contributed by atoms with E-state index < -0.39 is 5.92 Å². The number of rotatable bonds is 3. The SMILES string of the molecule is COc1ccc(OC)c(N2CCC(F)(F)CC2)c1. The molecule has 1 aromatic rings. The van der Waals surface area contributed by atoms with Crippen molar-refractivity contribution in [1.82, 2.24) is 0 Å². The third-order valence-corrected chi connectivity index (χ3v) is 3.22. The van der Waals surface area contributed by atoms with E-state index >= 15 is 0 Å². The highest BCUT2D eigenvalue weighted by Crippen LogP contribution is 2.36. The fraction of sp³-hybridized carbons (Fsp3) is 0.538. The molecular weight excluding hydrogens is 240 g/mol. The van der Waals surface area contributed by atoms with Crippen molar-refractivity contribution < 1.29 is 18.3 Å². The highest BCUT2D eigenvalue weighted by Gasteiger charge is 2.34. The molecule has 0 N–H and O–H groups in total. The number of benzene rings is 1. The zero-order chi connectivity index (χ0) is 13.2. The van der Waals surface area contributed by atoms with Crippen LogP contribution in [0, 0.1) is 0 Å². The number of ether oxygens (including phenoxy) is 2. The minimum Gasteiger partial charge on any atom is -0.497 e. The van der Waals surface area contributed by atoms with Crippen LogP contribution in [-0.4, -0.2) is 33.2 Å².